The first-order valence-corrected chi connectivity index (χ1v) is 11.0. The Morgan fingerprint density at radius 3 is 2.82 bits per heavy atom. The van der Waals surface area contributed by atoms with Crippen molar-refractivity contribution in [2.45, 2.75) is 19.6 Å². The minimum atomic E-state index is -4.66. The van der Waals surface area contributed by atoms with E-state index < -0.39 is 11.7 Å². The summed E-state index contributed by atoms with van der Waals surface area (Å²) in [4.78, 5) is 15.8. The Kier molecular flexibility index (Phi) is 5.25. The molecule has 0 fully saturated rings. The Bertz CT molecular complexity index is 1360. The van der Waals surface area contributed by atoms with Gasteiger partial charge in [0.05, 0.1) is 40.3 Å². The number of anilines is 2. The maximum absolute atomic E-state index is 13.9. The first-order valence-electron chi connectivity index (χ1n) is 9.83. The molecular formula is C21H16ClF3N6OS. The van der Waals surface area contributed by atoms with Gasteiger partial charge >= 0.3 is 6.18 Å². The third kappa shape index (κ3) is 3.80. The van der Waals surface area contributed by atoms with E-state index in [1.807, 2.05) is 11.0 Å². The van der Waals surface area contributed by atoms with Crippen LogP contribution in [0.4, 0.5) is 24.8 Å². The number of ether oxygens (including phenoxy) is 1. The van der Waals surface area contributed by atoms with Crippen LogP contribution in [0.5, 0.6) is 5.75 Å². The zero-order chi connectivity index (χ0) is 23.3. The maximum atomic E-state index is 13.9. The molecule has 1 aliphatic rings. The lowest BCUT2D eigenvalue weighted by molar-refractivity contribution is -0.137. The fourth-order valence-corrected chi connectivity index (χ4v) is 4.66. The zero-order valence-corrected chi connectivity index (χ0v) is 18.7. The van der Waals surface area contributed by atoms with Crippen LogP contribution in [0, 0.1) is 6.92 Å². The number of nitrogens with zero attached hydrogens (tertiary/aromatic N) is 5. The minimum Gasteiger partial charge on any atom is -0.489 e. The van der Waals surface area contributed by atoms with Crippen LogP contribution >= 0.6 is 23.1 Å². The Morgan fingerprint density at radius 2 is 2.09 bits per heavy atom. The van der Waals surface area contributed by atoms with Gasteiger partial charge in [-0.25, -0.2) is 19.3 Å². The molecule has 0 unspecified atom stereocenters. The van der Waals surface area contributed by atoms with E-state index in [2.05, 4.69) is 19.3 Å². The molecule has 2 N–H and O–H groups in total. The van der Waals surface area contributed by atoms with Crippen LogP contribution in [0.15, 0.2) is 30.7 Å². The molecule has 0 saturated heterocycles. The first-order chi connectivity index (χ1) is 15.7. The molecule has 0 bridgehead atoms. The molecule has 0 amide bonds. The van der Waals surface area contributed by atoms with E-state index >= 15 is 0 Å². The summed E-state index contributed by atoms with van der Waals surface area (Å²) < 4.78 is 51.6. The number of pyridine rings is 1. The molecule has 1 aliphatic heterocycles. The smallest absolute Gasteiger partial charge is 0.418 e. The van der Waals surface area contributed by atoms with Crippen molar-refractivity contribution >= 4 is 45.7 Å². The van der Waals surface area contributed by atoms with Crippen molar-refractivity contribution in [1.82, 2.24) is 19.3 Å². The molecule has 0 atom stereocenters. The highest BCUT2D eigenvalue weighted by Crippen LogP contribution is 2.47. The second-order valence-electron chi connectivity index (χ2n) is 7.49. The second-order valence-corrected chi connectivity index (χ2v) is 8.79. The van der Waals surface area contributed by atoms with Crippen molar-refractivity contribution in [3.8, 4) is 17.0 Å². The standard InChI is InChI=1S/C21H16ClF3N6OS/c1-10-6-13(21(23,24)25)17(30-19(10)26)12-7-14-15-18(16(12)22)32-5-4-31(20(15)28-9-27-14)8-11-2-3-29-33-11/h2-3,6-7,9H,4-5,8H2,1H3,(H2,26,30). The highest BCUT2D eigenvalue weighted by molar-refractivity contribution is 7.05. The number of aryl methyl sites for hydroxylation is 1. The minimum absolute atomic E-state index is 0.000515. The number of aromatic nitrogens is 4. The number of benzene rings is 1. The number of alkyl halides is 3. The van der Waals surface area contributed by atoms with Gasteiger partial charge in [0.1, 0.15) is 24.6 Å². The summed E-state index contributed by atoms with van der Waals surface area (Å²) >= 11 is 8.03. The average molecular weight is 493 g/mol. The van der Waals surface area contributed by atoms with E-state index in [1.165, 1.54) is 30.8 Å². The number of halogens is 4. The van der Waals surface area contributed by atoms with E-state index in [-0.39, 0.29) is 40.0 Å². The van der Waals surface area contributed by atoms with Gasteiger partial charge in [0.25, 0.3) is 0 Å². The van der Waals surface area contributed by atoms with Gasteiger partial charge in [0, 0.05) is 16.6 Å². The van der Waals surface area contributed by atoms with E-state index in [0.29, 0.717) is 29.8 Å². The van der Waals surface area contributed by atoms with Gasteiger partial charge in [0.15, 0.2) is 5.75 Å². The molecule has 7 nitrogen and oxygen atoms in total. The quantitative estimate of drug-likeness (QED) is 0.425. The second kappa shape index (κ2) is 7.99. The van der Waals surface area contributed by atoms with Gasteiger partial charge < -0.3 is 15.4 Å². The fourth-order valence-electron chi connectivity index (χ4n) is 3.78. The van der Waals surface area contributed by atoms with Crippen molar-refractivity contribution in [1.29, 1.82) is 0 Å². The lowest BCUT2D eigenvalue weighted by Gasteiger charge is -2.21. The van der Waals surface area contributed by atoms with Gasteiger partial charge in [-0.2, -0.15) is 13.2 Å². The number of hydrogen-bond acceptors (Lipinski definition) is 8. The average Bonchev–Trinajstić information content (AvgIpc) is 3.20. The van der Waals surface area contributed by atoms with Crippen LogP contribution in [0.1, 0.15) is 16.0 Å². The summed E-state index contributed by atoms with van der Waals surface area (Å²) in [7, 11) is 0. The number of rotatable bonds is 3. The summed E-state index contributed by atoms with van der Waals surface area (Å²) in [6.07, 6.45) is -1.57. The van der Waals surface area contributed by atoms with Crippen LogP contribution in [0.3, 0.4) is 0 Å². The topological polar surface area (TPSA) is 90.0 Å². The molecule has 3 aromatic heterocycles. The Morgan fingerprint density at radius 1 is 1.27 bits per heavy atom. The number of hydrogen-bond donors (Lipinski definition) is 1. The monoisotopic (exact) mass is 492 g/mol. The molecule has 12 heteroatoms. The first kappa shape index (κ1) is 21.7. The van der Waals surface area contributed by atoms with Crippen molar-refractivity contribution < 1.29 is 17.9 Å². The highest BCUT2D eigenvalue weighted by Gasteiger charge is 2.37. The van der Waals surface area contributed by atoms with Crippen LogP contribution in [0.25, 0.3) is 22.2 Å². The SMILES string of the molecule is Cc1cc(C(F)(F)F)c(-c2cc3ncnc4c3c(c2Cl)OCCN4Cc2ccns2)nc1N. The van der Waals surface area contributed by atoms with E-state index in [9.17, 15) is 13.2 Å². The molecule has 1 aromatic carbocycles. The molecule has 0 aliphatic carbocycles. The van der Waals surface area contributed by atoms with E-state index in [4.69, 9.17) is 22.1 Å². The predicted molar refractivity (Wildman–Crippen MR) is 121 cm³/mol. The lowest BCUT2D eigenvalue weighted by atomic mass is 10.0. The van der Waals surface area contributed by atoms with E-state index in [0.717, 1.165) is 10.9 Å². The van der Waals surface area contributed by atoms with Gasteiger partial charge in [-0.05, 0) is 42.2 Å². The summed E-state index contributed by atoms with van der Waals surface area (Å²) in [5, 5.41) is 0.529. The van der Waals surface area contributed by atoms with Gasteiger partial charge in [-0.1, -0.05) is 11.6 Å². The number of nitrogens with two attached hydrogens (primary N) is 1. The Hall–Kier alpha value is -3.18. The van der Waals surface area contributed by atoms with Crippen LogP contribution in [-0.2, 0) is 12.7 Å². The molecule has 33 heavy (non-hydrogen) atoms. The van der Waals surface area contributed by atoms with Gasteiger partial charge in [0.2, 0.25) is 0 Å². The molecule has 4 aromatic rings. The van der Waals surface area contributed by atoms with Crippen molar-refractivity contribution in [2.75, 3.05) is 23.8 Å². The maximum Gasteiger partial charge on any atom is 0.418 e. The molecule has 0 saturated carbocycles. The van der Waals surface area contributed by atoms with Gasteiger partial charge in [-0.15, -0.1) is 0 Å². The molecular weight excluding hydrogens is 477 g/mol. The Balaban J connectivity index is 1.73. The fraction of sp³-hybridized carbons (Fsp3) is 0.238. The lowest BCUT2D eigenvalue weighted by Crippen LogP contribution is -2.26. The van der Waals surface area contributed by atoms with Crippen molar-refractivity contribution in [2.24, 2.45) is 0 Å². The number of nitrogen functional groups attached to an aromatic ring is 1. The van der Waals surface area contributed by atoms with E-state index in [1.54, 1.807) is 6.20 Å². The molecule has 0 radical (unpaired) electrons. The van der Waals surface area contributed by atoms with Crippen LogP contribution < -0.4 is 15.4 Å². The van der Waals surface area contributed by atoms with Crippen LogP contribution in [0.2, 0.25) is 5.02 Å². The van der Waals surface area contributed by atoms with Gasteiger partial charge in [-0.3, -0.25) is 0 Å². The molecule has 4 heterocycles. The molecule has 0 spiro atoms. The third-order valence-electron chi connectivity index (χ3n) is 5.36. The molecule has 170 valence electrons. The summed E-state index contributed by atoms with van der Waals surface area (Å²) in [5.41, 5.74) is 5.20. The summed E-state index contributed by atoms with van der Waals surface area (Å²) in [6.45, 7) is 2.77. The third-order valence-corrected chi connectivity index (χ3v) is 6.46. The summed E-state index contributed by atoms with van der Waals surface area (Å²) in [5.74, 6) is 0.794. The van der Waals surface area contributed by atoms with Crippen molar-refractivity contribution in [3.63, 3.8) is 0 Å². The predicted octanol–water partition coefficient (Wildman–Crippen LogP) is 5.11. The largest absolute Gasteiger partial charge is 0.489 e. The van der Waals surface area contributed by atoms with Crippen molar-refractivity contribution in [3.05, 3.63) is 51.7 Å². The van der Waals surface area contributed by atoms with Crippen LogP contribution in [-0.4, -0.2) is 32.5 Å². The molecule has 5 rings (SSSR count). The normalized spacial score (nSPS) is 13.8. The summed E-state index contributed by atoms with van der Waals surface area (Å²) in [6, 6.07) is 4.36. The zero-order valence-electron chi connectivity index (χ0n) is 17.1. The Labute approximate surface area is 195 Å². The highest BCUT2D eigenvalue weighted by atomic mass is 35.5.